The van der Waals surface area contributed by atoms with E-state index in [0.717, 1.165) is 12.0 Å². The molecular formula is C24H29N3O5. The summed E-state index contributed by atoms with van der Waals surface area (Å²) in [5.41, 5.74) is 1.53. The molecule has 0 aliphatic carbocycles. The zero-order valence-electron chi connectivity index (χ0n) is 18.5. The van der Waals surface area contributed by atoms with Crippen molar-refractivity contribution in [3.63, 3.8) is 0 Å². The molecule has 1 saturated heterocycles. The smallest absolute Gasteiger partial charge is 0.292 e. The Labute approximate surface area is 188 Å². The number of rotatable bonds is 9. The highest BCUT2D eigenvalue weighted by Gasteiger charge is 2.24. The van der Waals surface area contributed by atoms with Crippen molar-refractivity contribution >= 4 is 23.4 Å². The van der Waals surface area contributed by atoms with Crippen molar-refractivity contribution in [1.29, 1.82) is 0 Å². The second-order valence-corrected chi connectivity index (χ2v) is 7.38. The largest absolute Gasteiger partial charge is 0.490 e. The predicted molar refractivity (Wildman–Crippen MR) is 124 cm³/mol. The molecule has 1 aliphatic rings. The predicted octanol–water partition coefficient (Wildman–Crippen LogP) is 4.14. The van der Waals surface area contributed by atoms with E-state index < -0.39 is 0 Å². The lowest BCUT2D eigenvalue weighted by Gasteiger charge is -2.35. The van der Waals surface area contributed by atoms with Crippen molar-refractivity contribution in [2.45, 2.75) is 20.3 Å². The van der Waals surface area contributed by atoms with Gasteiger partial charge in [-0.3, -0.25) is 14.9 Å². The summed E-state index contributed by atoms with van der Waals surface area (Å²) < 4.78 is 11.4. The van der Waals surface area contributed by atoms with Crippen LogP contribution in [0.2, 0.25) is 0 Å². The quantitative estimate of drug-likeness (QED) is 0.332. The third-order valence-electron chi connectivity index (χ3n) is 5.16. The molecule has 0 spiro atoms. The van der Waals surface area contributed by atoms with Gasteiger partial charge in [0.15, 0.2) is 11.5 Å². The molecule has 1 fully saturated rings. The van der Waals surface area contributed by atoms with E-state index in [4.69, 9.17) is 9.47 Å². The number of carbonyl (C=O) groups excluding carboxylic acids is 1. The number of para-hydroxylation sites is 2. The molecule has 170 valence electrons. The van der Waals surface area contributed by atoms with Crippen LogP contribution in [0.1, 0.15) is 25.8 Å². The maximum Gasteiger partial charge on any atom is 0.292 e. The Morgan fingerprint density at radius 3 is 2.50 bits per heavy atom. The van der Waals surface area contributed by atoms with E-state index in [2.05, 4.69) is 0 Å². The van der Waals surface area contributed by atoms with Crippen LogP contribution in [-0.2, 0) is 4.79 Å². The number of nitro benzene ring substituents is 1. The fourth-order valence-corrected chi connectivity index (χ4v) is 3.55. The minimum absolute atomic E-state index is 0.0866. The topological polar surface area (TPSA) is 85.2 Å². The summed E-state index contributed by atoms with van der Waals surface area (Å²) in [6, 6.07) is 12.3. The fraction of sp³-hybridized carbons (Fsp3) is 0.375. The highest BCUT2D eigenvalue weighted by atomic mass is 16.6. The first kappa shape index (κ1) is 23.1. The van der Waals surface area contributed by atoms with Crippen LogP contribution in [0.3, 0.4) is 0 Å². The van der Waals surface area contributed by atoms with E-state index in [-0.39, 0.29) is 16.5 Å². The molecule has 0 atom stereocenters. The van der Waals surface area contributed by atoms with Gasteiger partial charge in [-0.2, -0.15) is 0 Å². The van der Waals surface area contributed by atoms with Crippen molar-refractivity contribution in [3.05, 3.63) is 64.2 Å². The number of nitro groups is 1. The van der Waals surface area contributed by atoms with Crippen molar-refractivity contribution in [3.8, 4) is 11.5 Å². The molecule has 8 heteroatoms. The zero-order chi connectivity index (χ0) is 22.9. The summed E-state index contributed by atoms with van der Waals surface area (Å²) in [6.45, 7) is 7.20. The molecular weight excluding hydrogens is 410 g/mol. The number of nitrogens with zero attached hydrogens (tertiary/aromatic N) is 3. The van der Waals surface area contributed by atoms with Gasteiger partial charge in [0.2, 0.25) is 5.91 Å². The van der Waals surface area contributed by atoms with Gasteiger partial charge in [0.1, 0.15) is 5.69 Å². The Balaban J connectivity index is 1.61. The van der Waals surface area contributed by atoms with Crippen LogP contribution in [-0.4, -0.2) is 55.1 Å². The van der Waals surface area contributed by atoms with Crippen LogP contribution < -0.4 is 14.4 Å². The number of ether oxygens (including phenoxy) is 2. The normalized spacial score (nSPS) is 13.9. The van der Waals surface area contributed by atoms with Crippen LogP contribution in [0.4, 0.5) is 11.4 Å². The minimum Gasteiger partial charge on any atom is -0.490 e. The fourth-order valence-electron chi connectivity index (χ4n) is 3.55. The van der Waals surface area contributed by atoms with E-state index in [1.54, 1.807) is 35.3 Å². The lowest BCUT2D eigenvalue weighted by Crippen LogP contribution is -2.48. The molecule has 1 heterocycles. The van der Waals surface area contributed by atoms with Crippen LogP contribution in [0.25, 0.3) is 6.08 Å². The average Bonchev–Trinajstić information content (AvgIpc) is 2.82. The summed E-state index contributed by atoms with van der Waals surface area (Å²) >= 11 is 0. The average molecular weight is 440 g/mol. The molecule has 0 aromatic heterocycles. The molecule has 2 aromatic rings. The molecule has 0 saturated carbocycles. The first-order valence-corrected chi connectivity index (χ1v) is 10.9. The van der Waals surface area contributed by atoms with Crippen LogP contribution in [0.15, 0.2) is 48.5 Å². The monoisotopic (exact) mass is 439 g/mol. The highest BCUT2D eigenvalue weighted by Crippen LogP contribution is 2.30. The van der Waals surface area contributed by atoms with E-state index in [1.165, 1.54) is 6.07 Å². The van der Waals surface area contributed by atoms with Gasteiger partial charge < -0.3 is 19.3 Å². The third-order valence-corrected chi connectivity index (χ3v) is 5.16. The number of benzene rings is 2. The van der Waals surface area contributed by atoms with Crippen molar-refractivity contribution < 1.29 is 19.2 Å². The summed E-state index contributed by atoms with van der Waals surface area (Å²) in [7, 11) is 0. The lowest BCUT2D eigenvalue weighted by atomic mass is 10.1. The SMILES string of the molecule is CCCOc1ccc(/C=C/C(=O)N2CCN(c3ccccc3[N+](=O)[O-])CC2)cc1OCC. The number of carbonyl (C=O) groups is 1. The maximum absolute atomic E-state index is 12.7. The third kappa shape index (κ3) is 5.78. The van der Waals surface area contributed by atoms with E-state index in [9.17, 15) is 14.9 Å². The van der Waals surface area contributed by atoms with Crippen molar-refractivity contribution in [2.24, 2.45) is 0 Å². The van der Waals surface area contributed by atoms with Gasteiger partial charge in [-0.25, -0.2) is 0 Å². The highest BCUT2D eigenvalue weighted by molar-refractivity contribution is 5.92. The number of amides is 1. The Bertz CT molecular complexity index is 968. The van der Waals surface area contributed by atoms with E-state index >= 15 is 0 Å². The Hall–Kier alpha value is -3.55. The molecule has 0 radical (unpaired) electrons. The summed E-state index contributed by atoms with van der Waals surface area (Å²) in [5, 5.41) is 11.3. The van der Waals surface area contributed by atoms with Crippen molar-refractivity contribution in [2.75, 3.05) is 44.3 Å². The Morgan fingerprint density at radius 1 is 1.06 bits per heavy atom. The lowest BCUT2D eigenvalue weighted by molar-refractivity contribution is -0.384. The van der Waals surface area contributed by atoms with E-state index in [0.29, 0.717) is 56.6 Å². The number of hydrogen-bond acceptors (Lipinski definition) is 6. The molecule has 0 unspecified atom stereocenters. The van der Waals surface area contributed by atoms with Gasteiger partial charge in [-0.05, 0) is 43.2 Å². The van der Waals surface area contributed by atoms with Gasteiger partial charge in [-0.15, -0.1) is 0 Å². The summed E-state index contributed by atoms with van der Waals surface area (Å²) in [4.78, 5) is 27.3. The number of hydrogen-bond donors (Lipinski definition) is 0. The molecule has 0 N–H and O–H groups in total. The van der Waals surface area contributed by atoms with Gasteiger partial charge >= 0.3 is 0 Å². The van der Waals surface area contributed by atoms with Gasteiger partial charge in [0.25, 0.3) is 5.69 Å². The first-order valence-electron chi connectivity index (χ1n) is 10.9. The molecule has 2 aromatic carbocycles. The Morgan fingerprint density at radius 2 is 1.81 bits per heavy atom. The van der Waals surface area contributed by atoms with Crippen molar-refractivity contribution in [1.82, 2.24) is 4.90 Å². The number of anilines is 1. The first-order chi connectivity index (χ1) is 15.5. The molecule has 3 rings (SSSR count). The zero-order valence-corrected chi connectivity index (χ0v) is 18.5. The number of piperazine rings is 1. The summed E-state index contributed by atoms with van der Waals surface area (Å²) in [5.74, 6) is 1.27. The molecule has 1 amide bonds. The van der Waals surface area contributed by atoms with Gasteiger partial charge in [0.05, 0.1) is 18.1 Å². The standard InChI is InChI=1S/C24H29N3O5/c1-3-17-32-22-11-9-19(18-23(22)31-4-2)10-12-24(28)26-15-13-25(14-16-26)20-7-5-6-8-21(20)27(29)30/h5-12,18H,3-4,13-17H2,1-2H3/b12-10+. The molecule has 0 bridgehead atoms. The van der Waals surface area contributed by atoms with Crippen LogP contribution in [0.5, 0.6) is 11.5 Å². The Kier molecular flexibility index (Phi) is 8.08. The van der Waals surface area contributed by atoms with Gasteiger partial charge in [0, 0.05) is 38.3 Å². The minimum atomic E-state index is -0.370. The molecule has 8 nitrogen and oxygen atoms in total. The van der Waals surface area contributed by atoms with Crippen LogP contribution >= 0.6 is 0 Å². The maximum atomic E-state index is 12.7. The second-order valence-electron chi connectivity index (χ2n) is 7.38. The van der Waals surface area contributed by atoms with Gasteiger partial charge in [-0.1, -0.05) is 25.1 Å². The molecule has 32 heavy (non-hydrogen) atoms. The van der Waals surface area contributed by atoms with Crippen LogP contribution in [0, 0.1) is 10.1 Å². The second kappa shape index (κ2) is 11.2. The molecule has 1 aliphatic heterocycles. The van der Waals surface area contributed by atoms with E-state index in [1.807, 2.05) is 36.9 Å². The summed E-state index contributed by atoms with van der Waals surface area (Å²) in [6.07, 6.45) is 4.23.